The minimum absolute atomic E-state index is 0.839. The summed E-state index contributed by atoms with van der Waals surface area (Å²) in [5.41, 5.74) is 10.3. The second kappa shape index (κ2) is 4.61. The molecule has 2 heterocycles. The Morgan fingerprint density at radius 1 is 1.33 bits per heavy atom. The lowest BCUT2D eigenvalue weighted by Gasteiger charge is -2.02. The van der Waals surface area contributed by atoms with Gasteiger partial charge < -0.3 is 11.1 Å². The SMILES string of the molecule is Cc1ccc(-c2nc3c(s2)NCCCC3)cc1N. The van der Waals surface area contributed by atoms with E-state index in [0.29, 0.717) is 0 Å². The van der Waals surface area contributed by atoms with Crippen molar-refractivity contribution in [3.8, 4) is 10.6 Å². The molecule has 1 aliphatic heterocycles. The predicted molar refractivity (Wildman–Crippen MR) is 78.1 cm³/mol. The van der Waals surface area contributed by atoms with Gasteiger partial charge in [0.2, 0.25) is 0 Å². The summed E-state index contributed by atoms with van der Waals surface area (Å²) in [6, 6.07) is 6.18. The van der Waals surface area contributed by atoms with Gasteiger partial charge in [0, 0.05) is 17.8 Å². The molecule has 4 heteroatoms. The van der Waals surface area contributed by atoms with Crippen molar-refractivity contribution in [1.82, 2.24) is 4.98 Å². The number of aromatic nitrogens is 1. The molecule has 94 valence electrons. The molecule has 0 atom stereocenters. The van der Waals surface area contributed by atoms with Gasteiger partial charge >= 0.3 is 0 Å². The zero-order chi connectivity index (χ0) is 12.5. The average Bonchev–Trinajstić information content (AvgIpc) is 2.64. The Morgan fingerprint density at radius 3 is 3.06 bits per heavy atom. The third kappa shape index (κ3) is 2.08. The van der Waals surface area contributed by atoms with Crippen LogP contribution in [0, 0.1) is 6.92 Å². The maximum absolute atomic E-state index is 5.97. The van der Waals surface area contributed by atoms with E-state index in [0.717, 1.165) is 34.8 Å². The first-order chi connectivity index (χ1) is 8.74. The lowest BCUT2D eigenvalue weighted by Crippen LogP contribution is -1.96. The number of rotatable bonds is 1. The van der Waals surface area contributed by atoms with Crippen molar-refractivity contribution in [1.29, 1.82) is 0 Å². The monoisotopic (exact) mass is 259 g/mol. The second-order valence-electron chi connectivity index (χ2n) is 4.75. The molecule has 0 radical (unpaired) electrons. The van der Waals surface area contributed by atoms with Gasteiger partial charge in [-0.05, 0) is 37.8 Å². The van der Waals surface area contributed by atoms with Crippen molar-refractivity contribution in [3.63, 3.8) is 0 Å². The zero-order valence-electron chi connectivity index (χ0n) is 10.5. The van der Waals surface area contributed by atoms with Crippen LogP contribution >= 0.6 is 11.3 Å². The summed E-state index contributed by atoms with van der Waals surface area (Å²) in [5.74, 6) is 0. The van der Waals surface area contributed by atoms with Gasteiger partial charge in [-0.15, -0.1) is 0 Å². The van der Waals surface area contributed by atoms with E-state index in [1.54, 1.807) is 11.3 Å². The highest BCUT2D eigenvalue weighted by molar-refractivity contribution is 7.19. The van der Waals surface area contributed by atoms with Crippen LogP contribution in [0.1, 0.15) is 24.1 Å². The van der Waals surface area contributed by atoms with E-state index in [4.69, 9.17) is 10.7 Å². The van der Waals surface area contributed by atoms with Gasteiger partial charge in [0.15, 0.2) is 0 Å². The Kier molecular flexibility index (Phi) is 2.96. The minimum atomic E-state index is 0.839. The van der Waals surface area contributed by atoms with Crippen molar-refractivity contribution in [2.45, 2.75) is 26.2 Å². The summed E-state index contributed by atoms with van der Waals surface area (Å²) in [7, 11) is 0. The molecule has 0 bridgehead atoms. The van der Waals surface area contributed by atoms with Crippen molar-refractivity contribution in [2.24, 2.45) is 0 Å². The molecule has 1 aromatic carbocycles. The Bertz CT molecular complexity index is 551. The van der Waals surface area contributed by atoms with E-state index in [1.165, 1.54) is 23.5 Å². The second-order valence-corrected chi connectivity index (χ2v) is 5.75. The van der Waals surface area contributed by atoms with E-state index >= 15 is 0 Å². The van der Waals surface area contributed by atoms with Crippen LogP contribution in [0.25, 0.3) is 10.6 Å². The zero-order valence-corrected chi connectivity index (χ0v) is 11.3. The number of anilines is 2. The topological polar surface area (TPSA) is 50.9 Å². The molecule has 1 aliphatic rings. The summed E-state index contributed by atoms with van der Waals surface area (Å²) >= 11 is 1.74. The number of nitrogens with zero attached hydrogens (tertiary/aromatic N) is 1. The van der Waals surface area contributed by atoms with Crippen molar-refractivity contribution >= 4 is 22.0 Å². The number of thiazole rings is 1. The number of hydrogen-bond acceptors (Lipinski definition) is 4. The lowest BCUT2D eigenvalue weighted by molar-refractivity contribution is 0.775. The van der Waals surface area contributed by atoms with E-state index < -0.39 is 0 Å². The molecule has 2 aromatic rings. The van der Waals surface area contributed by atoms with Crippen LogP contribution in [0.2, 0.25) is 0 Å². The van der Waals surface area contributed by atoms with Crippen LogP contribution in [-0.4, -0.2) is 11.5 Å². The molecule has 0 aliphatic carbocycles. The molecular formula is C14H17N3S. The normalized spacial score (nSPS) is 14.7. The van der Waals surface area contributed by atoms with Gasteiger partial charge in [-0.2, -0.15) is 0 Å². The van der Waals surface area contributed by atoms with Gasteiger partial charge in [0.1, 0.15) is 10.0 Å². The number of benzene rings is 1. The maximum Gasteiger partial charge on any atom is 0.125 e. The standard InChI is InChI=1S/C14H17N3S/c1-9-5-6-10(8-11(9)15)13-17-12-4-2-3-7-16-14(12)18-13/h5-6,8,16H,2-4,7,15H2,1H3. The first-order valence-corrected chi connectivity index (χ1v) is 7.16. The number of nitrogen functional groups attached to an aromatic ring is 1. The maximum atomic E-state index is 5.97. The van der Waals surface area contributed by atoms with Gasteiger partial charge in [-0.25, -0.2) is 4.98 Å². The van der Waals surface area contributed by atoms with Crippen LogP contribution in [0.4, 0.5) is 10.7 Å². The fourth-order valence-corrected chi connectivity index (χ4v) is 3.21. The van der Waals surface area contributed by atoms with Gasteiger partial charge in [-0.1, -0.05) is 23.5 Å². The minimum Gasteiger partial charge on any atom is -0.398 e. The molecule has 3 nitrogen and oxygen atoms in total. The van der Waals surface area contributed by atoms with Gasteiger partial charge in [-0.3, -0.25) is 0 Å². The molecule has 0 amide bonds. The highest BCUT2D eigenvalue weighted by Crippen LogP contribution is 2.35. The highest BCUT2D eigenvalue weighted by Gasteiger charge is 2.14. The van der Waals surface area contributed by atoms with E-state index in [1.807, 2.05) is 13.0 Å². The number of fused-ring (bicyclic) bond motifs is 1. The largest absolute Gasteiger partial charge is 0.398 e. The molecule has 0 unspecified atom stereocenters. The van der Waals surface area contributed by atoms with Gasteiger partial charge in [0.05, 0.1) is 5.69 Å². The summed E-state index contributed by atoms with van der Waals surface area (Å²) < 4.78 is 0. The van der Waals surface area contributed by atoms with Crippen LogP contribution in [-0.2, 0) is 6.42 Å². The first kappa shape index (κ1) is 11.5. The van der Waals surface area contributed by atoms with Crippen LogP contribution in [0.5, 0.6) is 0 Å². The lowest BCUT2D eigenvalue weighted by atomic mass is 10.1. The van der Waals surface area contributed by atoms with Crippen LogP contribution in [0.15, 0.2) is 18.2 Å². The summed E-state index contributed by atoms with van der Waals surface area (Å²) in [5, 5.41) is 5.77. The Morgan fingerprint density at radius 2 is 2.22 bits per heavy atom. The molecule has 18 heavy (non-hydrogen) atoms. The van der Waals surface area contributed by atoms with Crippen LogP contribution < -0.4 is 11.1 Å². The third-order valence-electron chi connectivity index (χ3n) is 3.35. The molecule has 0 saturated heterocycles. The Hall–Kier alpha value is -1.55. The predicted octanol–water partition coefficient (Wildman–Crippen LogP) is 3.45. The first-order valence-electron chi connectivity index (χ1n) is 6.34. The van der Waals surface area contributed by atoms with Crippen molar-refractivity contribution in [2.75, 3.05) is 17.6 Å². The summed E-state index contributed by atoms with van der Waals surface area (Å²) in [6.45, 7) is 3.09. The molecular weight excluding hydrogens is 242 g/mol. The molecule has 0 spiro atoms. The molecule has 1 aromatic heterocycles. The highest BCUT2D eigenvalue weighted by atomic mass is 32.1. The van der Waals surface area contributed by atoms with E-state index in [9.17, 15) is 0 Å². The van der Waals surface area contributed by atoms with Crippen molar-refractivity contribution in [3.05, 3.63) is 29.5 Å². The molecule has 0 saturated carbocycles. The molecule has 0 fully saturated rings. The van der Waals surface area contributed by atoms with E-state index in [-0.39, 0.29) is 0 Å². The van der Waals surface area contributed by atoms with E-state index in [2.05, 4.69) is 17.4 Å². The number of nitrogens with two attached hydrogens (primary N) is 1. The molecule has 3 rings (SSSR count). The molecule has 3 N–H and O–H groups in total. The number of aryl methyl sites for hydroxylation is 2. The van der Waals surface area contributed by atoms with Gasteiger partial charge in [0.25, 0.3) is 0 Å². The smallest absolute Gasteiger partial charge is 0.125 e. The fourth-order valence-electron chi connectivity index (χ4n) is 2.18. The third-order valence-corrected chi connectivity index (χ3v) is 4.45. The summed E-state index contributed by atoms with van der Waals surface area (Å²) in [4.78, 5) is 4.75. The van der Waals surface area contributed by atoms with Crippen LogP contribution in [0.3, 0.4) is 0 Å². The van der Waals surface area contributed by atoms with Crippen molar-refractivity contribution < 1.29 is 0 Å². The quantitative estimate of drug-likeness (QED) is 0.771. The Labute approximate surface area is 111 Å². The average molecular weight is 259 g/mol. The fraction of sp³-hybridized carbons (Fsp3) is 0.357. The summed E-state index contributed by atoms with van der Waals surface area (Å²) in [6.07, 6.45) is 3.54. The Balaban J connectivity index is 1.99. The number of nitrogens with one attached hydrogen (secondary N) is 1. The number of hydrogen-bond donors (Lipinski definition) is 2.